The second-order valence-corrected chi connectivity index (χ2v) is 7.90. The summed E-state index contributed by atoms with van der Waals surface area (Å²) in [6.45, 7) is 0.888. The van der Waals surface area contributed by atoms with Crippen LogP contribution in [0.25, 0.3) is 22.4 Å². The van der Waals surface area contributed by atoms with E-state index in [-0.39, 0.29) is 0 Å². The Morgan fingerprint density at radius 1 is 0.759 bits per heavy atom. The maximum Gasteiger partial charge on any atom is 0.161 e. The number of fused-ring (bicyclic) bond motifs is 6. The minimum Gasteiger partial charge on any atom is -0.497 e. The van der Waals surface area contributed by atoms with E-state index in [1.165, 1.54) is 33.4 Å². The molecule has 3 aromatic rings. The highest BCUT2D eigenvalue weighted by atomic mass is 32.1. The Bertz CT molecular complexity index is 1200. The second kappa shape index (κ2) is 6.92. The summed E-state index contributed by atoms with van der Waals surface area (Å²) in [6.07, 6.45) is 2.89. The summed E-state index contributed by atoms with van der Waals surface area (Å²) >= 11 is 5.96. The molecule has 5 heteroatoms. The molecular weight excluding hydrogens is 382 g/mol. The number of aromatic nitrogens is 1. The molecule has 0 N–H and O–H groups in total. The highest BCUT2D eigenvalue weighted by Gasteiger charge is 2.25. The molecule has 2 aromatic carbocycles. The quantitative estimate of drug-likeness (QED) is 0.559. The van der Waals surface area contributed by atoms with Crippen LogP contribution in [0.2, 0.25) is 0 Å². The summed E-state index contributed by atoms with van der Waals surface area (Å²) in [6, 6.07) is 12.8. The number of rotatable bonds is 3. The SMILES string of the molecule is COc1ccc2c(c1)CCc1c-2cc2n(c1=S)CCc1cc(OC)c(OC)cc1-2. The van der Waals surface area contributed by atoms with Gasteiger partial charge in [-0.3, -0.25) is 0 Å². The molecule has 0 atom stereocenters. The molecule has 0 saturated heterocycles. The van der Waals surface area contributed by atoms with Gasteiger partial charge in [0, 0.05) is 12.1 Å². The number of hydrogen-bond acceptors (Lipinski definition) is 4. The zero-order valence-corrected chi connectivity index (χ0v) is 17.7. The van der Waals surface area contributed by atoms with Crippen LogP contribution in [0.1, 0.15) is 16.7 Å². The molecule has 0 fully saturated rings. The number of benzene rings is 2. The van der Waals surface area contributed by atoms with Gasteiger partial charge in [-0.15, -0.1) is 0 Å². The first-order valence-corrected chi connectivity index (χ1v) is 10.2. The van der Waals surface area contributed by atoms with Crippen molar-refractivity contribution >= 4 is 12.2 Å². The van der Waals surface area contributed by atoms with Gasteiger partial charge in [-0.1, -0.05) is 18.3 Å². The van der Waals surface area contributed by atoms with E-state index >= 15 is 0 Å². The molecule has 0 radical (unpaired) electrons. The van der Waals surface area contributed by atoms with Crippen molar-refractivity contribution in [3.05, 3.63) is 57.7 Å². The summed E-state index contributed by atoms with van der Waals surface area (Å²) < 4.78 is 19.7. The average molecular weight is 406 g/mol. The largest absolute Gasteiger partial charge is 0.497 e. The van der Waals surface area contributed by atoms with E-state index in [2.05, 4.69) is 34.9 Å². The van der Waals surface area contributed by atoms with Crippen molar-refractivity contribution in [2.24, 2.45) is 0 Å². The van der Waals surface area contributed by atoms with E-state index in [9.17, 15) is 0 Å². The molecule has 0 bridgehead atoms. The van der Waals surface area contributed by atoms with Gasteiger partial charge in [0.1, 0.15) is 10.4 Å². The standard InChI is InChI=1S/C24H23NO3S/c1-26-16-5-7-17-14(10-16)4-6-18-20(17)12-21-19-13-23(28-3)22(27-2)11-15(19)8-9-25(21)24(18)29/h5,7,10-13H,4,6,8-9H2,1-3H3. The number of aryl methyl sites for hydroxylation is 2. The number of pyridine rings is 1. The van der Waals surface area contributed by atoms with Crippen molar-refractivity contribution in [1.29, 1.82) is 0 Å². The summed E-state index contributed by atoms with van der Waals surface area (Å²) in [5.74, 6) is 2.42. The Morgan fingerprint density at radius 2 is 1.52 bits per heavy atom. The molecule has 1 aliphatic heterocycles. The lowest BCUT2D eigenvalue weighted by atomic mass is 9.84. The predicted molar refractivity (Wildman–Crippen MR) is 117 cm³/mol. The summed E-state index contributed by atoms with van der Waals surface area (Å²) in [7, 11) is 5.07. The van der Waals surface area contributed by atoms with Gasteiger partial charge in [0.25, 0.3) is 0 Å². The lowest BCUT2D eigenvalue weighted by molar-refractivity contribution is 0.354. The first-order valence-electron chi connectivity index (χ1n) is 9.84. The van der Waals surface area contributed by atoms with Crippen molar-refractivity contribution in [3.63, 3.8) is 0 Å². The van der Waals surface area contributed by atoms with E-state index in [1.807, 2.05) is 6.07 Å². The van der Waals surface area contributed by atoms with Crippen molar-refractivity contribution < 1.29 is 14.2 Å². The molecule has 5 rings (SSSR count). The third kappa shape index (κ3) is 2.76. The van der Waals surface area contributed by atoms with Gasteiger partial charge in [-0.25, -0.2) is 0 Å². The van der Waals surface area contributed by atoms with Crippen LogP contribution in [0.4, 0.5) is 0 Å². The minimum atomic E-state index is 0.744. The average Bonchev–Trinajstić information content (AvgIpc) is 2.77. The van der Waals surface area contributed by atoms with Gasteiger partial charge in [0.15, 0.2) is 11.5 Å². The van der Waals surface area contributed by atoms with Crippen molar-refractivity contribution in [2.75, 3.05) is 21.3 Å². The molecule has 2 heterocycles. The minimum absolute atomic E-state index is 0.744. The molecule has 2 aliphatic rings. The third-order valence-electron chi connectivity index (χ3n) is 6.14. The molecule has 0 unspecified atom stereocenters. The Morgan fingerprint density at radius 3 is 2.28 bits per heavy atom. The molecule has 148 valence electrons. The molecule has 1 aromatic heterocycles. The number of ether oxygens (including phenoxy) is 3. The van der Waals surface area contributed by atoms with E-state index in [0.29, 0.717) is 0 Å². The zero-order chi connectivity index (χ0) is 20.1. The topological polar surface area (TPSA) is 32.6 Å². The van der Waals surface area contributed by atoms with Crippen LogP contribution in [0, 0.1) is 4.64 Å². The Hall–Kier alpha value is -2.79. The normalized spacial score (nSPS) is 13.6. The summed E-state index contributed by atoms with van der Waals surface area (Å²) in [5.41, 5.74) is 8.69. The smallest absolute Gasteiger partial charge is 0.161 e. The van der Waals surface area contributed by atoms with Gasteiger partial charge in [0.05, 0.1) is 27.0 Å². The number of nitrogens with zero attached hydrogens (tertiary/aromatic N) is 1. The number of hydrogen-bond donors (Lipinski definition) is 0. The molecule has 0 spiro atoms. The van der Waals surface area contributed by atoms with E-state index in [0.717, 1.165) is 53.4 Å². The Labute approximate surface area is 175 Å². The number of methoxy groups -OCH3 is 3. The van der Waals surface area contributed by atoms with Crippen LogP contribution < -0.4 is 14.2 Å². The highest BCUT2D eigenvalue weighted by molar-refractivity contribution is 7.71. The molecule has 0 saturated carbocycles. The lowest BCUT2D eigenvalue weighted by Crippen LogP contribution is -2.17. The molecular formula is C24H23NO3S. The van der Waals surface area contributed by atoms with Crippen LogP contribution in [0.15, 0.2) is 36.4 Å². The van der Waals surface area contributed by atoms with Crippen LogP contribution in [0.5, 0.6) is 17.2 Å². The first-order chi connectivity index (χ1) is 14.1. The van der Waals surface area contributed by atoms with E-state index in [4.69, 9.17) is 26.4 Å². The monoisotopic (exact) mass is 405 g/mol. The van der Waals surface area contributed by atoms with Crippen LogP contribution in [0.3, 0.4) is 0 Å². The fourth-order valence-electron chi connectivity index (χ4n) is 4.64. The fraction of sp³-hybridized carbons (Fsp3) is 0.292. The van der Waals surface area contributed by atoms with Gasteiger partial charge < -0.3 is 18.8 Å². The van der Waals surface area contributed by atoms with Crippen LogP contribution >= 0.6 is 12.2 Å². The van der Waals surface area contributed by atoms with Crippen molar-refractivity contribution in [3.8, 4) is 39.6 Å². The van der Waals surface area contributed by atoms with Crippen LogP contribution in [-0.4, -0.2) is 25.9 Å². The van der Waals surface area contributed by atoms with E-state index < -0.39 is 0 Å². The Kier molecular flexibility index (Phi) is 4.36. The molecule has 4 nitrogen and oxygen atoms in total. The molecule has 0 amide bonds. The Balaban J connectivity index is 1.75. The summed E-state index contributed by atoms with van der Waals surface area (Å²) in [4.78, 5) is 0. The van der Waals surface area contributed by atoms with E-state index in [1.54, 1.807) is 21.3 Å². The fourth-order valence-corrected chi connectivity index (χ4v) is 5.04. The third-order valence-corrected chi connectivity index (χ3v) is 6.60. The zero-order valence-electron chi connectivity index (χ0n) is 16.9. The van der Waals surface area contributed by atoms with Crippen LogP contribution in [-0.2, 0) is 25.8 Å². The highest BCUT2D eigenvalue weighted by Crippen LogP contribution is 2.43. The second-order valence-electron chi connectivity index (χ2n) is 7.52. The maximum atomic E-state index is 5.96. The first kappa shape index (κ1) is 18.3. The molecule has 1 aliphatic carbocycles. The van der Waals surface area contributed by atoms with Gasteiger partial charge in [0.2, 0.25) is 0 Å². The predicted octanol–water partition coefficient (Wildman–Crippen LogP) is 5.23. The lowest BCUT2D eigenvalue weighted by Gasteiger charge is -2.29. The maximum absolute atomic E-state index is 5.96. The van der Waals surface area contributed by atoms with Gasteiger partial charge in [-0.2, -0.15) is 0 Å². The van der Waals surface area contributed by atoms with Gasteiger partial charge in [-0.05, 0) is 77.4 Å². The van der Waals surface area contributed by atoms with Crippen molar-refractivity contribution in [1.82, 2.24) is 4.57 Å². The van der Waals surface area contributed by atoms with Crippen molar-refractivity contribution in [2.45, 2.75) is 25.8 Å². The van der Waals surface area contributed by atoms with Gasteiger partial charge >= 0.3 is 0 Å². The molecule has 29 heavy (non-hydrogen) atoms. The summed E-state index contributed by atoms with van der Waals surface area (Å²) in [5, 5.41) is 0.